The third kappa shape index (κ3) is 11.6. The van der Waals surface area contributed by atoms with Gasteiger partial charge in [-0.05, 0) is 214 Å². The molecule has 8 aromatic rings. The van der Waals surface area contributed by atoms with Crippen LogP contribution >= 0.6 is 0 Å². The highest BCUT2D eigenvalue weighted by molar-refractivity contribution is 5.68. The Morgan fingerprint density at radius 1 is 0.351 bits per heavy atom. The number of hydrogen-bond donors (Lipinski definition) is 0. The molecule has 4 aliphatic rings. The quantitative estimate of drug-likeness (QED) is 0.156. The van der Waals surface area contributed by atoms with E-state index in [9.17, 15) is 0 Å². The standard InChI is InChI=1S/2C18H22N.2C17H20N/c1-13-8-9-17(14(2)10-13)18-11-15-6-4-5-7-16(15)12-19(18)3;1-13-8-9-16(14(2)12-13)18-17-7-5-4-6-15(17)10-11-19(18)3;1-12-7-8-16(13(2)9-12)17-10-14-5-4-6-15(14)11-18(17)3;1-12-7-8-15(13(2)11-12)17-16-6-4-5-14(16)9-10-18(17)3/h2*8-12H,4-7H2,1-3H3;2*7-11H,4-6H2,1-3H3/q4*+1/i1D3,6D2;;;. The van der Waals surface area contributed by atoms with Gasteiger partial charge in [0.2, 0.25) is 22.8 Å². The summed E-state index contributed by atoms with van der Waals surface area (Å²) in [7, 11) is 8.45. The molecule has 4 aromatic carbocycles. The van der Waals surface area contributed by atoms with Crippen LogP contribution in [0.4, 0.5) is 0 Å². The van der Waals surface area contributed by atoms with Gasteiger partial charge in [-0.3, -0.25) is 0 Å². The molecule has 4 nitrogen and oxygen atoms in total. The second-order valence-corrected chi connectivity index (χ2v) is 22.0. The maximum absolute atomic E-state index is 8.29. The molecule has 0 amide bonds. The Bertz CT molecular complexity index is 3590. The van der Waals surface area contributed by atoms with Crippen LogP contribution in [0.25, 0.3) is 45.0 Å². The van der Waals surface area contributed by atoms with Crippen LogP contribution in [0, 0.1) is 55.3 Å². The van der Waals surface area contributed by atoms with Gasteiger partial charge in [-0.1, -0.05) is 70.8 Å². The Balaban J connectivity index is 0.000000129. The minimum absolute atomic E-state index is 0.333. The Labute approximate surface area is 452 Å². The zero-order chi connectivity index (χ0) is 56.5. The number of aryl methyl sites for hydroxylation is 18. The molecular weight excluding hydrogens is 897 g/mol. The van der Waals surface area contributed by atoms with Gasteiger partial charge in [0.1, 0.15) is 28.2 Å². The minimum atomic E-state index is -2.11. The van der Waals surface area contributed by atoms with E-state index in [1.807, 2.05) is 36.9 Å². The summed E-state index contributed by atoms with van der Waals surface area (Å²) in [4.78, 5) is 0. The number of fused-ring (bicyclic) bond motifs is 4. The van der Waals surface area contributed by atoms with Gasteiger partial charge in [-0.15, -0.1) is 0 Å². The molecule has 0 spiro atoms. The van der Waals surface area contributed by atoms with E-state index >= 15 is 0 Å². The van der Waals surface area contributed by atoms with E-state index in [-0.39, 0.29) is 0 Å². The van der Waals surface area contributed by atoms with Crippen molar-refractivity contribution in [2.24, 2.45) is 28.2 Å². The molecule has 74 heavy (non-hydrogen) atoms. The van der Waals surface area contributed by atoms with Gasteiger partial charge in [-0.2, -0.15) is 0 Å². The van der Waals surface area contributed by atoms with Crippen molar-refractivity contribution >= 4 is 0 Å². The molecule has 0 N–H and O–H groups in total. The fourth-order valence-electron chi connectivity index (χ4n) is 12.3. The van der Waals surface area contributed by atoms with Crippen molar-refractivity contribution in [1.29, 1.82) is 0 Å². The number of rotatable bonds is 4. The zero-order valence-corrected chi connectivity index (χ0v) is 46.5. The second-order valence-electron chi connectivity index (χ2n) is 22.0. The number of nitrogens with zero attached hydrogens (tertiary/aromatic N) is 4. The first-order chi connectivity index (χ1) is 37.6. The zero-order valence-electron chi connectivity index (χ0n) is 51.5. The molecule has 0 saturated heterocycles. The highest BCUT2D eigenvalue weighted by atomic mass is 14.9. The smallest absolute Gasteiger partial charge is 0.201 e. The Kier molecular flexibility index (Phi) is 14.3. The van der Waals surface area contributed by atoms with Gasteiger partial charge in [0.15, 0.2) is 24.8 Å². The predicted molar refractivity (Wildman–Crippen MR) is 307 cm³/mol. The number of aromatic nitrogens is 4. The molecule has 0 bridgehead atoms. The summed E-state index contributed by atoms with van der Waals surface area (Å²) >= 11 is 0. The molecule has 0 atom stereocenters. The van der Waals surface area contributed by atoms with Crippen molar-refractivity contribution in [3.63, 3.8) is 0 Å². The summed E-state index contributed by atoms with van der Waals surface area (Å²) < 4.78 is 48.1. The van der Waals surface area contributed by atoms with E-state index in [1.54, 1.807) is 39.9 Å². The number of hydrogen-bond acceptors (Lipinski definition) is 0. The van der Waals surface area contributed by atoms with Gasteiger partial charge >= 0.3 is 0 Å². The average molecular weight is 987 g/mol. The molecule has 0 radical (unpaired) electrons. The van der Waals surface area contributed by atoms with E-state index in [1.165, 1.54) is 137 Å². The van der Waals surface area contributed by atoms with Gasteiger partial charge < -0.3 is 0 Å². The summed E-state index contributed by atoms with van der Waals surface area (Å²) in [5.74, 6) is 0. The van der Waals surface area contributed by atoms with Gasteiger partial charge in [0.25, 0.3) is 0 Å². The van der Waals surface area contributed by atoms with Crippen molar-refractivity contribution < 1.29 is 25.1 Å². The van der Waals surface area contributed by atoms with Crippen molar-refractivity contribution in [2.45, 2.75) is 145 Å². The van der Waals surface area contributed by atoms with Crippen LogP contribution in [0.15, 0.2) is 122 Å². The highest BCUT2D eigenvalue weighted by Crippen LogP contribution is 2.34. The Morgan fingerprint density at radius 2 is 0.730 bits per heavy atom. The van der Waals surface area contributed by atoms with Crippen molar-refractivity contribution in [2.75, 3.05) is 0 Å². The first-order valence-corrected chi connectivity index (χ1v) is 27.5. The molecule has 4 aliphatic carbocycles. The molecule has 4 heterocycles. The number of benzene rings is 4. The fourth-order valence-corrected chi connectivity index (χ4v) is 12.3. The van der Waals surface area contributed by atoms with Crippen LogP contribution in [-0.2, 0) is 79.5 Å². The lowest BCUT2D eigenvalue weighted by Crippen LogP contribution is -2.33. The predicted octanol–water partition coefficient (Wildman–Crippen LogP) is 13.9. The minimum Gasteiger partial charge on any atom is -0.201 e. The molecule has 0 unspecified atom stereocenters. The normalized spacial score (nSPS) is 15.9. The van der Waals surface area contributed by atoms with Gasteiger partial charge in [0, 0.05) is 75.6 Å². The monoisotopic (exact) mass is 986 g/mol. The van der Waals surface area contributed by atoms with Crippen LogP contribution in [0.1, 0.15) is 134 Å². The lowest BCUT2D eigenvalue weighted by atomic mass is 9.87. The van der Waals surface area contributed by atoms with E-state index in [4.69, 9.17) is 6.85 Å². The molecule has 0 saturated carbocycles. The van der Waals surface area contributed by atoms with Crippen molar-refractivity contribution in [3.05, 3.63) is 211 Å². The Morgan fingerprint density at radius 3 is 1.26 bits per heavy atom. The van der Waals surface area contributed by atoms with Crippen LogP contribution in [-0.4, -0.2) is 0 Å². The summed E-state index contributed by atoms with van der Waals surface area (Å²) in [5.41, 5.74) is 30.7. The van der Waals surface area contributed by atoms with Crippen LogP contribution in [0.2, 0.25) is 0 Å². The lowest BCUT2D eigenvalue weighted by molar-refractivity contribution is -0.661. The molecule has 380 valence electrons. The lowest BCUT2D eigenvalue weighted by Gasteiger charge is -2.18. The van der Waals surface area contributed by atoms with Gasteiger partial charge in [0.05, 0.1) is 0 Å². The molecule has 4 heteroatoms. The first kappa shape index (κ1) is 46.0. The SMILES string of the molecule is Cc1ccc(-c2c3c(cc[n+]2C)CCC3)c(C)c1.Cc1ccc(-c2c3c(cc[n+]2C)CCCC3)c(C)c1.Cc1ccc(-c2cc3c(c[n+]2C)CCC3)c(C)c1.[2H]C([2H])([2H])c1ccc(-c2cc3c(c[n+]2C)CCCC3([2H])[2H])c(C)c1. The maximum atomic E-state index is 8.29. The van der Waals surface area contributed by atoms with Crippen LogP contribution in [0.5, 0.6) is 0 Å². The fraction of sp³-hybridized carbons (Fsp3) is 0.371. The van der Waals surface area contributed by atoms with Crippen LogP contribution < -0.4 is 18.3 Å². The van der Waals surface area contributed by atoms with E-state index < -0.39 is 13.2 Å². The highest BCUT2D eigenvalue weighted by Gasteiger charge is 2.26. The van der Waals surface area contributed by atoms with E-state index in [0.717, 1.165) is 40.8 Å². The molecular formula is C70H84N4+4. The molecule has 4 aromatic heterocycles. The van der Waals surface area contributed by atoms with Crippen molar-refractivity contribution in [3.8, 4) is 45.0 Å². The summed E-state index contributed by atoms with van der Waals surface area (Å²) in [6, 6.07) is 34.4. The Hall–Kier alpha value is -6.52. The summed E-state index contributed by atoms with van der Waals surface area (Å²) in [5, 5.41) is 0. The second kappa shape index (κ2) is 22.9. The average Bonchev–Trinajstić information content (AvgIpc) is 4.10. The largest absolute Gasteiger partial charge is 0.216 e. The summed E-state index contributed by atoms with van der Waals surface area (Å²) in [6.45, 7) is 12.9. The van der Waals surface area contributed by atoms with E-state index in [0.29, 0.717) is 12.0 Å². The summed E-state index contributed by atoms with van der Waals surface area (Å²) in [6.07, 6.45) is 22.5. The van der Waals surface area contributed by atoms with Gasteiger partial charge in [-0.25, -0.2) is 18.3 Å². The first-order valence-electron chi connectivity index (χ1n) is 30.0. The molecule has 0 aliphatic heterocycles. The third-order valence-electron chi connectivity index (χ3n) is 16.1. The molecule has 12 rings (SSSR count). The molecule has 0 fully saturated rings. The van der Waals surface area contributed by atoms with Crippen molar-refractivity contribution in [1.82, 2.24) is 0 Å². The van der Waals surface area contributed by atoms with Crippen LogP contribution in [0.3, 0.4) is 0 Å². The third-order valence-corrected chi connectivity index (χ3v) is 16.1. The van der Waals surface area contributed by atoms with E-state index in [2.05, 4.69) is 168 Å². The maximum Gasteiger partial charge on any atom is 0.216 e. The number of pyridine rings is 4. The topological polar surface area (TPSA) is 15.5 Å².